The fraction of sp³-hybridized carbons (Fsp3) is 0.308. The Hall–Kier alpha value is -0.710. The smallest absolute Gasteiger partial charge is 0.0410 e. The number of aryl methyl sites for hydroxylation is 1. The van der Waals surface area contributed by atoms with E-state index in [1.54, 1.807) is 6.20 Å². The SMILES string of the molecule is Cc1ccc(C(C)NCc2cncc(Br)c2)s1. The van der Waals surface area contributed by atoms with Crippen molar-refractivity contribution in [1.29, 1.82) is 0 Å². The zero-order valence-electron chi connectivity index (χ0n) is 9.90. The van der Waals surface area contributed by atoms with E-state index in [1.807, 2.05) is 17.5 Å². The number of aromatic nitrogens is 1. The number of pyridine rings is 1. The molecule has 2 nitrogen and oxygen atoms in total. The van der Waals surface area contributed by atoms with E-state index in [2.05, 4.69) is 58.3 Å². The van der Waals surface area contributed by atoms with Gasteiger partial charge in [0.2, 0.25) is 0 Å². The van der Waals surface area contributed by atoms with Gasteiger partial charge in [-0.2, -0.15) is 0 Å². The van der Waals surface area contributed by atoms with Gasteiger partial charge < -0.3 is 5.32 Å². The lowest BCUT2D eigenvalue weighted by atomic mass is 10.2. The van der Waals surface area contributed by atoms with Gasteiger partial charge in [0.1, 0.15) is 0 Å². The molecule has 1 unspecified atom stereocenters. The number of hydrogen-bond acceptors (Lipinski definition) is 3. The van der Waals surface area contributed by atoms with E-state index >= 15 is 0 Å². The van der Waals surface area contributed by atoms with Crippen LogP contribution < -0.4 is 5.32 Å². The molecule has 2 aromatic rings. The van der Waals surface area contributed by atoms with Crippen LogP contribution in [-0.2, 0) is 6.54 Å². The first kappa shape index (κ1) is 12.7. The molecular weight excluding hydrogens is 296 g/mol. The number of nitrogens with one attached hydrogen (secondary N) is 1. The number of hydrogen-bond donors (Lipinski definition) is 1. The number of nitrogens with zero attached hydrogens (tertiary/aromatic N) is 1. The lowest BCUT2D eigenvalue weighted by molar-refractivity contribution is 0.582. The topological polar surface area (TPSA) is 24.9 Å². The lowest BCUT2D eigenvalue weighted by Gasteiger charge is -2.12. The standard InChI is InChI=1S/C13H15BrN2S/c1-9-3-4-13(17-9)10(2)16-7-11-5-12(14)8-15-6-11/h3-6,8,10,16H,7H2,1-2H3. The first-order valence-corrected chi connectivity index (χ1v) is 7.15. The highest BCUT2D eigenvalue weighted by Gasteiger charge is 2.07. The van der Waals surface area contributed by atoms with Crippen LogP contribution in [0.2, 0.25) is 0 Å². The van der Waals surface area contributed by atoms with Crippen molar-refractivity contribution in [2.75, 3.05) is 0 Å². The van der Waals surface area contributed by atoms with Crippen molar-refractivity contribution in [2.45, 2.75) is 26.4 Å². The molecule has 2 rings (SSSR count). The van der Waals surface area contributed by atoms with Gasteiger partial charge in [-0.3, -0.25) is 4.98 Å². The van der Waals surface area contributed by atoms with Gasteiger partial charge in [0.05, 0.1) is 0 Å². The molecule has 90 valence electrons. The molecule has 1 N–H and O–H groups in total. The Morgan fingerprint density at radius 1 is 1.41 bits per heavy atom. The minimum absolute atomic E-state index is 0.382. The van der Waals surface area contributed by atoms with Crippen molar-refractivity contribution in [3.05, 3.63) is 50.4 Å². The van der Waals surface area contributed by atoms with E-state index in [4.69, 9.17) is 0 Å². The highest BCUT2D eigenvalue weighted by Crippen LogP contribution is 2.22. The first-order chi connectivity index (χ1) is 8.15. The summed E-state index contributed by atoms with van der Waals surface area (Å²) >= 11 is 5.28. The molecule has 0 amide bonds. The van der Waals surface area contributed by atoms with E-state index in [-0.39, 0.29) is 0 Å². The summed E-state index contributed by atoms with van der Waals surface area (Å²) in [6, 6.07) is 6.83. The third-order valence-corrected chi connectivity index (χ3v) is 4.18. The van der Waals surface area contributed by atoms with E-state index in [0.29, 0.717) is 6.04 Å². The molecule has 4 heteroatoms. The van der Waals surface area contributed by atoms with E-state index in [9.17, 15) is 0 Å². The van der Waals surface area contributed by atoms with Gasteiger partial charge in [-0.25, -0.2) is 0 Å². The van der Waals surface area contributed by atoms with Crippen LogP contribution in [-0.4, -0.2) is 4.98 Å². The normalized spacial score (nSPS) is 12.6. The van der Waals surface area contributed by atoms with Crippen molar-refractivity contribution in [3.8, 4) is 0 Å². The largest absolute Gasteiger partial charge is 0.305 e. The third-order valence-electron chi connectivity index (χ3n) is 2.56. The summed E-state index contributed by atoms with van der Waals surface area (Å²) in [6.07, 6.45) is 3.69. The highest BCUT2D eigenvalue weighted by atomic mass is 79.9. The van der Waals surface area contributed by atoms with Gasteiger partial charge in [0.25, 0.3) is 0 Å². The van der Waals surface area contributed by atoms with Crippen LogP contribution in [0.1, 0.15) is 28.3 Å². The summed E-state index contributed by atoms with van der Waals surface area (Å²) in [4.78, 5) is 6.89. The summed E-state index contributed by atoms with van der Waals surface area (Å²) in [7, 11) is 0. The summed E-state index contributed by atoms with van der Waals surface area (Å²) in [5.74, 6) is 0. The second-order valence-electron chi connectivity index (χ2n) is 4.06. The molecule has 0 saturated heterocycles. The molecule has 0 radical (unpaired) electrons. The Morgan fingerprint density at radius 3 is 2.88 bits per heavy atom. The molecule has 0 aliphatic rings. The number of halogens is 1. The van der Waals surface area contributed by atoms with Crippen LogP contribution in [0.5, 0.6) is 0 Å². The summed E-state index contributed by atoms with van der Waals surface area (Å²) in [6.45, 7) is 5.17. The zero-order valence-corrected chi connectivity index (χ0v) is 12.3. The Balaban J connectivity index is 1.94. The second-order valence-corrected chi connectivity index (χ2v) is 6.30. The van der Waals surface area contributed by atoms with Crippen molar-refractivity contribution in [1.82, 2.24) is 10.3 Å². The molecule has 2 aromatic heterocycles. The predicted octanol–water partition coefficient (Wildman–Crippen LogP) is 4.06. The average Bonchev–Trinajstić information content (AvgIpc) is 2.73. The first-order valence-electron chi connectivity index (χ1n) is 5.54. The second kappa shape index (κ2) is 5.76. The Labute approximate surface area is 114 Å². The maximum absolute atomic E-state index is 4.15. The van der Waals surface area contributed by atoms with Crippen LogP contribution in [0.15, 0.2) is 35.1 Å². The van der Waals surface area contributed by atoms with Gasteiger partial charge in [-0.1, -0.05) is 0 Å². The summed E-state index contributed by atoms with van der Waals surface area (Å²) in [5, 5.41) is 3.51. The quantitative estimate of drug-likeness (QED) is 0.921. The van der Waals surface area contributed by atoms with Crippen molar-refractivity contribution < 1.29 is 0 Å². The number of thiophene rings is 1. The van der Waals surface area contributed by atoms with E-state index < -0.39 is 0 Å². The Morgan fingerprint density at radius 2 is 2.24 bits per heavy atom. The van der Waals surface area contributed by atoms with Gasteiger partial charge in [0, 0.05) is 39.2 Å². The third kappa shape index (κ3) is 3.63. The maximum atomic E-state index is 4.15. The van der Waals surface area contributed by atoms with Crippen LogP contribution in [0.25, 0.3) is 0 Å². The Bertz CT molecular complexity index is 496. The van der Waals surface area contributed by atoms with Crippen LogP contribution >= 0.6 is 27.3 Å². The van der Waals surface area contributed by atoms with Gasteiger partial charge in [-0.15, -0.1) is 11.3 Å². The lowest BCUT2D eigenvalue weighted by Crippen LogP contribution is -2.17. The molecule has 0 bridgehead atoms. The van der Waals surface area contributed by atoms with Crippen molar-refractivity contribution in [2.24, 2.45) is 0 Å². The average molecular weight is 311 g/mol. The molecule has 17 heavy (non-hydrogen) atoms. The minimum atomic E-state index is 0.382. The molecule has 0 aliphatic heterocycles. The maximum Gasteiger partial charge on any atom is 0.0410 e. The molecule has 0 fully saturated rings. The molecule has 0 spiro atoms. The minimum Gasteiger partial charge on any atom is -0.305 e. The highest BCUT2D eigenvalue weighted by molar-refractivity contribution is 9.10. The predicted molar refractivity (Wildman–Crippen MR) is 76.2 cm³/mol. The van der Waals surface area contributed by atoms with Crippen LogP contribution in [0.3, 0.4) is 0 Å². The van der Waals surface area contributed by atoms with Gasteiger partial charge in [-0.05, 0) is 53.5 Å². The summed E-state index contributed by atoms with van der Waals surface area (Å²) < 4.78 is 1.02. The van der Waals surface area contributed by atoms with E-state index in [0.717, 1.165) is 11.0 Å². The van der Waals surface area contributed by atoms with E-state index in [1.165, 1.54) is 15.3 Å². The molecule has 0 aliphatic carbocycles. The fourth-order valence-electron chi connectivity index (χ4n) is 1.61. The van der Waals surface area contributed by atoms with Crippen LogP contribution in [0.4, 0.5) is 0 Å². The van der Waals surface area contributed by atoms with Crippen LogP contribution in [0, 0.1) is 6.92 Å². The monoisotopic (exact) mass is 310 g/mol. The summed E-state index contributed by atoms with van der Waals surface area (Å²) in [5.41, 5.74) is 1.19. The zero-order chi connectivity index (χ0) is 12.3. The molecular formula is C13H15BrN2S. The molecule has 2 heterocycles. The fourth-order valence-corrected chi connectivity index (χ4v) is 2.93. The van der Waals surface area contributed by atoms with Crippen molar-refractivity contribution in [3.63, 3.8) is 0 Å². The molecule has 0 saturated carbocycles. The van der Waals surface area contributed by atoms with Crippen molar-refractivity contribution >= 4 is 27.3 Å². The number of rotatable bonds is 4. The van der Waals surface area contributed by atoms with Gasteiger partial charge in [0.15, 0.2) is 0 Å². The molecule has 0 aromatic carbocycles. The Kier molecular flexibility index (Phi) is 4.31. The molecule has 1 atom stereocenters. The van der Waals surface area contributed by atoms with Gasteiger partial charge >= 0.3 is 0 Å².